The third kappa shape index (κ3) is 3.77. The van der Waals surface area contributed by atoms with Gasteiger partial charge in [-0.1, -0.05) is 25.1 Å². The predicted octanol–water partition coefficient (Wildman–Crippen LogP) is 2.47. The van der Waals surface area contributed by atoms with Gasteiger partial charge in [-0.3, -0.25) is 9.48 Å². The van der Waals surface area contributed by atoms with E-state index in [1.54, 1.807) is 23.0 Å². The third-order valence-corrected chi connectivity index (χ3v) is 3.83. The Kier molecular flexibility index (Phi) is 5.16. The van der Waals surface area contributed by atoms with Crippen molar-refractivity contribution < 1.29 is 14.7 Å². The number of rotatable bonds is 6. The highest BCUT2D eigenvalue weighted by atomic mass is 16.4. The number of amides is 1. The summed E-state index contributed by atoms with van der Waals surface area (Å²) in [6.45, 7) is 6.50. The first-order valence-corrected chi connectivity index (χ1v) is 7.56. The first-order valence-electron chi connectivity index (χ1n) is 7.56. The zero-order valence-electron chi connectivity index (χ0n) is 13.5. The molecule has 1 unspecified atom stereocenters. The van der Waals surface area contributed by atoms with Gasteiger partial charge in [0.15, 0.2) is 6.04 Å². The van der Waals surface area contributed by atoms with Crippen LogP contribution < -0.4 is 5.32 Å². The average Bonchev–Trinajstić information content (AvgIpc) is 2.97. The molecule has 0 fully saturated rings. The zero-order chi connectivity index (χ0) is 17.0. The number of carbonyl (C=O) groups is 2. The molecule has 1 amide bonds. The maximum atomic E-state index is 12.3. The van der Waals surface area contributed by atoms with E-state index in [1.807, 2.05) is 26.8 Å². The molecule has 1 atom stereocenters. The molecular formula is C17H21N3O3. The van der Waals surface area contributed by atoms with Gasteiger partial charge in [0.2, 0.25) is 0 Å². The summed E-state index contributed by atoms with van der Waals surface area (Å²) in [6.07, 6.45) is 3.98. The van der Waals surface area contributed by atoms with Crippen molar-refractivity contribution in [2.75, 3.05) is 0 Å². The number of carbonyl (C=O) groups excluding carboxylic acids is 1. The predicted molar refractivity (Wildman–Crippen MR) is 86.3 cm³/mol. The number of aromatic nitrogens is 2. The molecule has 0 bridgehead atoms. The number of carboxylic acid groups (broad SMARTS) is 1. The van der Waals surface area contributed by atoms with Gasteiger partial charge in [-0.25, -0.2) is 4.79 Å². The van der Waals surface area contributed by atoms with Gasteiger partial charge in [-0.15, -0.1) is 0 Å². The number of nitrogens with one attached hydrogen (secondary N) is 1. The molecule has 23 heavy (non-hydrogen) atoms. The van der Waals surface area contributed by atoms with Crippen LogP contribution in [0.2, 0.25) is 0 Å². The summed E-state index contributed by atoms with van der Waals surface area (Å²) in [6, 6.07) is 4.34. The van der Waals surface area contributed by atoms with Gasteiger partial charge in [0.25, 0.3) is 5.91 Å². The van der Waals surface area contributed by atoms with E-state index in [4.69, 9.17) is 0 Å². The van der Waals surface area contributed by atoms with Crippen LogP contribution in [0.5, 0.6) is 0 Å². The summed E-state index contributed by atoms with van der Waals surface area (Å²) >= 11 is 0. The fourth-order valence-electron chi connectivity index (χ4n) is 2.41. The molecule has 1 heterocycles. The summed E-state index contributed by atoms with van der Waals surface area (Å²) in [5, 5.41) is 16.2. The van der Waals surface area contributed by atoms with Crippen molar-refractivity contribution in [1.82, 2.24) is 15.1 Å². The Morgan fingerprint density at radius 3 is 2.74 bits per heavy atom. The van der Waals surface area contributed by atoms with Crippen molar-refractivity contribution in [2.45, 2.75) is 39.8 Å². The first-order chi connectivity index (χ1) is 10.9. The lowest BCUT2D eigenvalue weighted by molar-refractivity contribution is -0.139. The summed E-state index contributed by atoms with van der Waals surface area (Å²) in [7, 11) is 0. The zero-order valence-corrected chi connectivity index (χ0v) is 13.5. The lowest BCUT2D eigenvalue weighted by atomic mass is 9.97. The second kappa shape index (κ2) is 7.09. The molecule has 6 heteroatoms. The van der Waals surface area contributed by atoms with E-state index in [1.165, 1.54) is 6.20 Å². The normalized spacial score (nSPS) is 12.0. The van der Waals surface area contributed by atoms with Crippen molar-refractivity contribution in [3.05, 3.63) is 52.8 Å². The van der Waals surface area contributed by atoms with Crippen LogP contribution in [0.4, 0.5) is 0 Å². The number of carboxylic acids is 1. The second-order valence-corrected chi connectivity index (χ2v) is 5.53. The van der Waals surface area contributed by atoms with E-state index >= 15 is 0 Å². The highest BCUT2D eigenvalue weighted by Crippen LogP contribution is 2.21. The minimum absolute atomic E-state index is 0.356. The monoisotopic (exact) mass is 315 g/mol. The Morgan fingerprint density at radius 2 is 2.09 bits per heavy atom. The van der Waals surface area contributed by atoms with Gasteiger partial charge >= 0.3 is 5.97 Å². The number of aryl methyl sites for hydroxylation is 2. The molecule has 1 aromatic carbocycles. The number of hydrogen-bond acceptors (Lipinski definition) is 3. The molecule has 0 aliphatic heterocycles. The van der Waals surface area contributed by atoms with Crippen LogP contribution in [0.1, 0.15) is 46.4 Å². The Hall–Kier alpha value is -2.63. The number of aliphatic carboxylic acids is 1. The summed E-state index contributed by atoms with van der Waals surface area (Å²) in [4.78, 5) is 23.9. The minimum atomic E-state index is -1.09. The number of hydrogen-bond donors (Lipinski definition) is 2. The van der Waals surface area contributed by atoms with Crippen LogP contribution in [-0.2, 0) is 11.3 Å². The summed E-state index contributed by atoms with van der Waals surface area (Å²) in [5.74, 6) is -1.53. The van der Waals surface area contributed by atoms with E-state index in [0.717, 1.165) is 17.5 Å². The molecular weight excluding hydrogens is 294 g/mol. The van der Waals surface area contributed by atoms with Gasteiger partial charge < -0.3 is 10.4 Å². The molecule has 2 rings (SSSR count). The molecule has 0 radical (unpaired) electrons. The molecule has 2 N–H and O–H groups in total. The quantitative estimate of drug-likeness (QED) is 0.857. The van der Waals surface area contributed by atoms with Crippen molar-refractivity contribution in [3.63, 3.8) is 0 Å². The van der Waals surface area contributed by atoms with Gasteiger partial charge in [-0.05, 0) is 37.0 Å². The van der Waals surface area contributed by atoms with Crippen LogP contribution in [-0.4, -0.2) is 26.8 Å². The fourth-order valence-corrected chi connectivity index (χ4v) is 2.41. The van der Waals surface area contributed by atoms with E-state index in [-0.39, 0.29) is 0 Å². The van der Waals surface area contributed by atoms with Gasteiger partial charge in [-0.2, -0.15) is 5.10 Å². The molecule has 122 valence electrons. The largest absolute Gasteiger partial charge is 0.479 e. The molecule has 1 aromatic heterocycles. The highest BCUT2D eigenvalue weighted by Gasteiger charge is 2.25. The smallest absolute Gasteiger partial charge is 0.330 e. The standard InChI is InChI=1S/C17H21N3O3/c1-4-8-20-10-13(9-18-20)16(21)19-15(17(22)23)14-7-5-6-11(2)12(14)3/h5-7,9-10,15H,4,8H2,1-3H3,(H,19,21)(H,22,23). The SMILES string of the molecule is CCCn1cc(C(=O)NC(C(=O)O)c2cccc(C)c2C)cn1. The maximum absolute atomic E-state index is 12.3. The molecule has 6 nitrogen and oxygen atoms in total. The second-order valence-electron chi connectivity index (χ2n) is 5.53. The van der Waals surface area contributed by atoms with Crippen LogP contribution in [0, 0.1) is 13.8 Å². The van der Waals surface area contributed by atoms with Gasteiger partial charge in [0.1, 0.15) is 0 Å². The lowest BCUT2D eigenvalue weighted by Gasteiger charge is -2.17. The van der Waals surface area contributed by atoms with E-state index < -0.39 is 17.9 Å². The Bertz CT molecular complexity index is 722. The first kappa shape index (κ1) is 16.7. The maximum Gasteiger partial charge on any atom is 0.330 e. The molecule has 0 saturated carbocycles. The molecule has 0 saturated heterocycles. The molecule has 0 aliphatic rings. The van der Waals surface area contributed by atoms with E-state index in [0.29, 0.717) is 17.7 Å². The van der Waals surface area contributed by atoms with Gasteiger partial charge in [0, 0.05) is 12.7 Å². The van der Waals surface area contributed by atoms with E-state index in [2.05, 4.69) is 10.4 Å². The van der Waals surface area contributed by atoms with Crippen LogP contribution in [0.25, 0.3) is 0 Å². The summed E-state index contributed by atoms with van der Waals surface area (Å²) < 4.78 is 1.67. The molecule has 0 aliphatic carbocycles. The molecule has 2 aromatic rings. The van der Waals surface area contributed by atoms with Crippen molar-refractivity contribution in [2.24, 2.45) is 0 Å². The van der Waals surface area contributed by atoms with Crippen LogP contribution in [0.15, 0.2) is 30.6 Å². The Balaban J connectivity index is 2.23. The van der Waals surface area contributed by atoms with Crippen molar-refractivity contribution in [1.29, 1.82) is 0 Å². The van der Waals surface area contributed by atoms with Crippen molar-refractivity contribution >= 4 is 11.9 Å². The van der Waals surface area contributed by atoms with E-state index in [9.17, 15) is 14.7 Å². The lowest BCUT2D eigenvalue weighted by Crippen LogP contribution is -2.34. The topological polar surface area (TPSA) is 84.2 Å². The number of benzene rings is 1. The van der Waals surface area contributed by atoms with Crippen molar-refractivity contribution in [3.8, 4) is 0 Å². The summed E-state index contributed by atoms with van der Waals surface area (Å²) in [5.41, 5.74) is 2.79. The fraction of sp³-hybridized carbons (Fsp3) is 0.353. The van der Waals surface area contributed by atoms with Crippen LogP contribution in [0.3, 0.4) is 0 Å². The third-order valence-electron chi connectivity index (χ3n) is 3.83. The Labute approximate surface area is 135 Å². The number of nitrogens with zero attached hydrogens (tertiary/aromatic N) is 2. The Morgan fingerprint density at radius 1 is 1.35 bits per heavy atom. The highest BCUT2D eigenvalue weighted by molar-refractivity contribution is 5.96. The van der Waals surface area contributed by atoms with Gasteiger partial charge in [0.05, 0.1) is 11.8 Å². The molecule has 0 spiro atoms. The van der Waals surface area contributed by atoms with Crippen LogP contribution >= 0.6 is 0 Å². The average molecular weight is 315 g/mol. The minimum Gasteiger partial charge on any atom is -0.479 e.